The number of ether oxygens (including phenoxy) is 2. The summed E-state index contributed by atoms with van der Waals surface area (Å²) in [5.41, 5.74) is 0.730. The number of carbonyl (C=O) groups excluding carboxylic acids is 2. The number of hydrogen-bond donors (Lipinski definition) is 0. The third kappa shape index (κ3) is 9.44. The van der Waals surface area contributed by atoms with Gasteiger partial charge in [-0.1, -0.05) is 40.1 Å². The van der Waals surface area contributed by atoms with Crippen molar-refractivity contribution in [1.29, 1.82) is 0 Å². The Morgan fingerprint density at radius 2 is 1.90 bits per heavy atom. The molecule has 1 fully saturated rings. The Hall–Kier alpha value is -1.19. The van der Waals surface area contributed by atoms with Crippen LogP contribution in [-0.4, -0.2) is 43.9 Å². The molecule has 0 N–H and O–H groups in total. The van der Waals surface area contributed by atoms with E-state index in [-0.39, 0.29) is 17.3 Å². The van der Waals surface area contributed by atoms with E-state index in [4.69, 9.17) is 9.47 Å². The number of hydrogen-bond acceptors (Lipinski definition) is 8. The van der Waals surface area contributed by atoms with Crippen LogP contribution in [0, 0.1) is 0 Å². The molecule has 1 saturated heterocycles. The van der Waals surface area contributed by atoms with Crippen molar-refractivity contribution in [3.8, 4) is 0 Å². The maximum absolute atomic E-state index is 12.0. The summed E-state index contributed by atoms with van der Waals surface area (Å²) < 4.78 is 33.4. The molecule has 2 atom stereocenters. The predicted octanol–water partition coefficient (Wildman–Crippen LogP) is 4.17. The van der Waals surface area contributed by atoms with Gasteiger partial charge in [-0.2, -0.15) is 0 Å². The first-order valence-electron chi connectivity index (χ1n) is 9.70. The molecule has 0 radical (unpaired) electrons. The van der Waals surface area contributed by atoms with Crippen molar-refractivity contribution >= 4 is 43.4 Å². The quantitative estimate of drug-likeness (QED) is 0.210. The highest BCUT2D eigenvalue weighted by atomic mass is 33.1. The van der Waals surface area contributed by atoms with Gasteiger partial charge in [0.05, 0.1) is 4.90 Å². The molecule has 1 heterocycles. The Labute approximate surface area is 180 Å². The highest BCUT2D eigenvalue weighted by Gasteiger charge is 2.17. The molecule has 1 unspecified atom stereocenters. The Bertz CT molecular complexity index is 787. The number of benzene rings is 1. The molecule has 0 bridgehead atoms. The number of sulfone groups is 1. The minimum Gasteiger partial charge on any atom is -0.425 e. The van der Waals surface area contributed by atoms with Gasteiger partial charge in [-0.3, -0.25) is 9.59 Å². The van der Waals surface area contributed by atoms with Crippen molar-refractivity contribution in [1.82, 2.24) is 0 Å². The van der Waals surface area contributed by atoms with E-state index in [9.17, 15) is 18.0 Å². The van der Waals surface area contributed by atoms with Gasteiger partial charge < -0.3 is 9.47 Å². The van der Waals surface area contributed by atoms with Crippen LogP contribution in [0.4, 0.5) is 0 Å². The minimum atomic E-state index is -3.29. The minimum absolute atomic E-state index is 0.0756. The molecule has 0 aliphatic carbocycles. The van der Waals surface area contributed by atoms with E-state index in [1.807, 2.05) is 21.6 Å². The molecule has 162 valence electrons. The fourth-order valence-electron chi connectivity index (χ4n) is 2.90. The van der Waals surface area contributed by atoms with Gasteiger partial charge in [0, 0.05) is 37.0 Å². The van der Waals surface area contributed by atoms with Crippen LogP contribution in [0.1, 0.15) is 51.0 Å². The molecule has 1 aliphatic rings. The van der Waals surface area contributed by atoms with Crippen molar-refractivity contribution in [2.45, 2.75) is 68.3 Å². The lowest BCUT2D eigenvalue weighted by atomic mass is 10.1. The van der Waals surface area contributed by atoms with Crippen LogP contribution in [0.15, 0.2) is 29.2 Å². The van der Waals surface area contributed by atoms with E-state index in [0.717, 1.165) is 31.1 Å². The van der Waals surface area contributed by atoms with Gasteiger partial charge in [-0.05, 0) is 43.4 Å². The molecule has 2 rings (SSSR count). The van der Waals surface area contributed by atoms with Crippen LogP contribution < -0.4 is 0 Å². The second-order valence-corrected chi connectivity index (χ2v) is 11.8. The van der Waals surface area contributed by atoms with E-state index in [1.165, 1.54) is 25.2 Å². The number of carbonyl (C=O) groups is 2. The molecule has 1 aliphatic heterocycles. The van der Waals surface area contributed by atoms with E-state index < -0.39 is 22.1 Å². The summed E-state index contributed by atoms with van der Waals surface area (Å²) in [5.74, 6) is 0.356. The van der Waals surface area contributed by atoms with Gasteiger partial charge in [0.15, 0.2) is 9.84 Å². The largest absolute Gasteiger partial charge is 0.425 e. The van der Waals surface area contributed by atoms with Crippen molar-refractivity contribution in [2.75, 3.05) is 12.0 Å². The average molecular weight is 461 g/mol. The lowest BCUT2D eigenvalue weighted by Gasteiger charge is -2.14. The summed E-state index contributed by atoms with van der Waals surface area (Å²) in [6.45, 7) is 1.52. The zero-order chi connectivity index (χ0) is 21.3. The SMILES string of the molecule is CC(OC(=O)CCCC[C@@H]1CCSS1)OC(=O)CCc1cccc(S(C)(=O)=O)c1. The second-order valence-electron chi connectivity index (χ2n) is 7.04. The van der Waals surface area contributed by atoms with E-state index in [1.54, 1.807) is 18.2 Å². The lowest BCUT2D eigenvalue weighted by molar-refractivity contribution is -0.184. The third-order valence-electron chi connectivity index (χ3n) is 4.42. The lowest BCUT2D eigenvalue weighted by Crippen LogP contribution is -2.22. The second kappa shape index (κ2) is 11.9. The third-order valence-corrected chi connectivity index (χ3v) is 8.54. The standard InChI is InChI=1S/C20H28O6S3/c1-15(25-19(21)9-4-3-7-17-12-13-27-28-17)26-20(22)11-10-16-6-5-8-18(14-16)29(2,23)24/h5-6,8,14-15,17H,3-4,7,9-13H2,1-2H3/t15?,17-/m1/s1. The summed E-state index contributed by atoms with van der Waals surface area (Å²) in [4.78, 5) is 24.0. The van der Waals surface area contributed by atoms with E-state index in [0.29, 0.717) is 18.1 Å². The molecule has 1 aromatic carbocycles. The Balaban J connectivity index is 1.63. The fraction of sp³-hybridized carbons (Fsp3) is 0.600. The molecule has 6 nitrogen and oxygen atoms in total. The monoisotopic (exact) mass is 460 g/mol. The van der Waals surface area contributed by atoms with E-state index in [2.05, 4.69) is 0 Å². The number of aryl methyl sites for hydroxylation is 1. The van der Waals surface area contributed by atoms with Crippen molar-refractivity contribution in [2.24, 2.45) is 0 Å². The average Bonchev–Trinajstić information content (AvgIpc) is 3.16. The maximum Gasteiger partial charge on any atom is 0.309 e. The van der Waals surface area contributed by atoms with Crippen LogP contribution in [0.5, 0.6) is 0 Å². The summed E-state index contributed by atoms with van der Waals surface area (Å²) in [6, 6.07) is 6.47. The molecule has 0 spiro atoms. The summed E-state index contributed by atoms with van der Waals surface area (Å²) in [7, 11) is 0.564. The molecule has 1 aromatic rings. The number of rotatable bonds is 11. The first kappa shape index (κ1) is 24.1. The van der Waals surface area contributed by atoms with Crippen LogP contribution in [0.25, 0.3) is 0 Å². The zero-order valence-electron chi connectivity index (χ0n) is 16.8. The Kier molecular flexibility index (Phi) is 9.85. The molecule has 0 aromatic heterocycles. The van der Waals surface area contributed by atoms with Gasteiger partial charge in [-0.25, -0.2) is 8.42 Å². The summed E-state index contributed by atoms with van der Waals surface area (Å²) in [5, 5.41) is 0.703. The zero-order valence-corrected chi connectivity index (χ0v) is 19.2. The van der Waals surface area contributed by atoms with Crippen LogP contribution >= 0.6 is 21.6 Å². The highest BCUT2D eigenvalue weighted by Crippen LogP contribution is 2.39. The normalized spacial score (nSPS) is 17.7. The van der Waals surface area contributed by atoms with Crippen LogP contribution in [0.3, 0.4) is 0 Å². The van der Waals surface area contributed by atoms with E-state index >= 15 is 0 Å². The summed E-state index contributed by atoms with van der Waals surface area (Å²) >= 11 is 0. The van der Waals surface area contributed by atoms with Crippen LogP contribution in [-0.2, 0) is 35.3 Å². The van der Waals surface area contributed by atoms with Gasteiger partial charge in [-0.15, -0.1) is 0 Å². The first-order valence-corrected chi connectivity index (χ1v) is 14.0. The molecular weight excluding hydrogens is 432 g/mol. The van der Waals surface area contributed by atoms with Crippen molar-refractivity contribution < 1.29 is 27.5 Å². The van der Waals surface area contributed by atoms with Gasteiger partial charge >= 0.3 is 11.9 Å². The highest BCUT2D eigenvalue weighted by molar-refractivity contribution is 8.77. The fourth-order valence-corrected chi connectivity index (χ4v) is 6.61. The van der Waals surface area contributed by atoms with Crippen molar-refractivity contribution in [3.05, 3.63) is 29.8 Å². The molecule has 9 heteroatoms. The number of unbranched alkanes of at least 4 members (excludes halogenated alkanes) is 1. The topological polar surface area (TPSA) is 86.7 Å². The Morgan fingerprint density at radius 1 is 1.17 bits per heavy atom. The molecule has 0 amide bonds. The van der Waals surface area contributed by atoms with Gasteiger partial charge in [0.25, 0.3) is 0 Å². The molecular formula is C20H28O6S3. The van der Waals surface area contributed by atoms with Crippen molar-refractivity contribution in [3.63, 3.8) is 0 Å². The van der Waals surface area contributed by atoms with Gasteiger partial charge in [0.1, 0.15) is 0 Å². The summed E-state index contributed by atoms with van der Waals surface area (Å²) in [6.07, 6.45) is 5.09. The maximum atomic E-state index is 12.0. The molecule has 0 saturated carbocycles. The predicted molar refractivity (Wildman–Crippen MR) is 116 cm³/mol. The van der Waals surface area contributed by atoms with Gasteiger partial charge in [0.2, 0.25) is 6.29 Å². The smallest absolute Gasteiger partial charge is 0.309 e. The first-order chi connectivity index (χ1) is 13.7. The molecule has 29 heavy (non-hydrogen) atoms. The Morgan fingerprint density at radius 3 is 2.55 bits per heavy atom. The van der Waals surface area contributed by atoms with Crippen LogP contribution in [0.2, 0.25) is 0 Å². The number of esters is 2.